The molecule has 0 saturated heterocycles. The van der Waals surface area contributed by atoms with E-state index in [1.807, 2.05) is 20.0 Å². The highest BCUT2D eigenvalue weighted by atomic mass is 32.2. The summed E-state index contributed by atoms with van der Waals surface area (Å²) >= 11 is 1.05. The molecule has 20 heavy (non-hydrogen) atoms. The molecule has 0 unspecified atom stereocenters. The molecule has 0 bridgehead atoms. The van der Waals surface area contributed by atoms with Gasteiger partial charge in [0, 0.05) is 12.4 Å². The zero-order valence-electron chi connectivity index (χ0n) is 11.1. The molecule has 0 spiro atoms. The van der Waals surface area contributed by atoms with Crippen LogP contribution in [-0.4, -0.2) is 43.3 Å². The summed E-state index contributed by atoms with van der Waals surface area (Å²) < 4.78 is 1.68. The fourth-order valence-corrected chi connectivity index (χ4v) is 2.34. The molecule has 106 valence electrons. The lowest BCUT2D eigenvalue weighted by Gasteiger charge is -2.04. The number of amides is 1. The van der Waals surface area contributed by atoms with Crippen LogP contribution in [0.2, 0.25) is 0 Å². The smallest absolute Gasteiger partial charge is 0.313 e. The number of thioether (sulfide) groups is 1. The molecule has 0 saturated carbocycles. The van der Waals surface area contributed by atoms with Gasteiger partial charge in [0.25, 0.3) is 0 Å². The number of anilines is 1. The van der Waals surface area contributed by atoms with Crippen molar-refractivity contribution >= 4 is 40.4 Å². The third-order valence-corrected chi connectivity index (χ3v) is 3.52. The summed E-state index contributed by atoms with van der Waals surface area (Å²) in [5.41, 5.74) is 2.17. The van der Waals surface area contributed by atoms with Crippen molar-refractivity contribution in [1.82, 2.24) is 14.8 Å². The number of nitrogens with one attached hydrogen (secondary N) is 1. The Morgan fingerprint density at radius 3 is 2.90 bits per heavy atom. The maximum Gasteiger partial charge on any atom is 0.313 e. The highest BCUT2D eigenvalue weighted by Crippen LogP contribution is 2.19. The quantitative estimate of drug-likeness (QED) is 0.855. The second-order valence-corrected chi connectivity index (χ2v) is 5.22. The monoisotopic (exact) mass is 294 g/mol. The van der Waals surface area contributed by atoms with Gasteiger partial charge in [0.05, 0.1) is 29.1 Å². The molecule has 0 fully saturated rings. The Balaban J connectivity index is 2.04. The third kappa shape index (κ3) is 3.27. The number of carboxylic acid groups (broad SMARTS) is 1. The fourth-order valence-electron chi connectivity index (χ4n) is 1.80. The maximum atomic E-state index is 11.6. The lowest BCUT2D eigenvalue weighted by atomic mass is 10.2. The molecule has 2 rings (SSSR count). The molecule has 0 aliphatic rings. The number of pyridine rings is 1. The average Bonchev–Trinajstić information content (AvgIpc) is 2.64. The van der Waals surface area contributed by atoms with E-state index < -0.39 is 5.97 Å². The van der Waals surface area contributed by atoms with E-state index in [2.05, 4.69) is 15.4 Å². The highest BCUT2D eigenvalue weighted by Gasteiger charge is 2.09. The van der Waals surface area contributed by atoms with Crippen LogP contribution in [0.15, 0.2) is 12.3 Å². The van der Waals surface area contributed by atoms with E-state index in [0.717, 1.165) is 28.5 Å². The third-order valence-electron chi connectivity index (χ3n) is 2.61. The molecular formula is C12H14N4O3S. The van der Waals surface area contributed by atoms with Crippen molar-refractivity contribution in [2.45, 2.75) is 6.92 Å². The van der Waals surface area contributed by atoms with Gasteiger partial charge >= 0.3 is 5.97 Å². The number of aryl methyl sites for hydroxylation is 2. The van der Waals surface area contributed by atoms with E-state index in [-0.39, 0.29) is 17.4 Å². The minimum atomic E-state index is -0.933. The Kier molecular flexibility index (Phi) is 4.23. The van der Waals surface area contributed by atoms with E-state index in [0.29, 0.717) is 5.69 Å². The number of nitrogens with zero attached hydrogens (tertiary/aromatic N) is 3. The van der Waals surface area contributed by atoms with Crippen molar-refractivity contribution in [2.75, 3.05) is 16.8 Å². The number of aliphatic carboxylic acids is 1. The first-order chi connectivity index (χ1) is 9.47. The van der Waals surface area contributed by atoms with Crippen molar-refractivity contribution in [2.24, 2.45) is 7.05 Å². The van der Waals surface area contributed by atoms with Gasteiger partial charge in [-0.3, -0.25) is 14.3 Å². The Morgan fingerprint density at radius 1 is 1.45 bits per heavy atom. The van der Waals surface area contributed by atoms with Gasteiger partial charge in [-0.1, -0.05) is 0 Å². The highest BCUT2D eigenvalue weighted by molar-refractivity contribution is 8.00. The summed E-state index contributed by atoms with van der Waals surface area (Å²) in [6.45, 7) is 1.87. The van der Waals surface area contributed by atoms with Crippen molar-refractivity contribution < 1.29 is 14.7 Å². The minimum absolute atomic E-state index is 0.0909. The SMILES string of the molecule is Cc1nn(C)c2ncc(NC(=O)CSCC(=O)O)cc12. The molecule has 0 radical (unpaired) electrons. The molecule has 1 amide bonds. The number of aromatic nitrogens is 3. The number of hydrogen-bond donors (Lipinski definition) is 2. The molecule has 0 aromatic carbocycles. The molecule has 0 aliphatic heterocycles. The molecule has 0 aliphatic carbocycles. The van der Waals surface area contributed by atoms with Gasteiger partial charge in [0.15, 0.2) is 5.65 Å². The van der Waals surface area contributed by atoms with Gasteiger partial charge in [-0.25, -0.2) is 4.98 Å². The number of carbonyl (C=O) groups excluding carboxylic acids is 1. The molecule has 8 heteroatoms. The van der Waals surface area contributed by atoms with Crippen LogP contribution in [0, 0.1) is 6.92 Å². The summed E-state index contributed by atoms with van der Waals surface area (Å²) in [4.78, 5) is 26.2. The zero-order chi connectivity index (χ0) is 14.7. The number of carboxylic acids is 1. The Morgan fingerprint density at radius 2 is 2.20 bits per heavy atom. The van der Waals surface area contributed by atoms with E-state index in [1.54, 1.807) is 10.9 Å². The average molecular weight is 294 g/mol. The second kappa shape index (κ2) is 5.91. The minimum Gasteiger partial charge on any atom is -0.481 e. The van der Waals surface area contributed by atoms with Gasteiger partial charge in [0.1, 0.15) is 0 Å². The van der Waals surface area contributed by atoms with Crippen molar-refractivity contribution in [3.63, 3.8) is 0 Å². The summed E-state index contributed by atoms with van der Waals surface area (Å²) in [5, 5.41) is 16.3. The molecule has 2 heterocycles. The molecular weight excluding hydrogens is 280 g/mol. The maximum absolute atomic E-state index is 11.6. The summed E-state index contributed by atoms with van der Waals surface area (Å²) in [6, 6.07) is 1.81. The van der Waals surface area contributed by atoms with Gasteiger partial charge in [0.2, 0.25) is 5.91 Å². The van der Waals surface area contributed by atoms with Gasteiger partial charge in [-0.2, -0.15) is 5.10 Å². The fraction of sp³-hybridized carbons (Fsp3) is 0.333. The van der Waals surface area contributed by atoms with E-state index in [1.165, 1.54) is 0 Å². The number of fused-ring (bicyclic) bond motifs is 1. The van der Waals surface area contributed by atoms with Crippen LogP contribution in [0.4, 0.5) is 5.69 Å². The second-order valence-electron chi connectivity index (χ2n) is 4.24. The molecule has 0 atom stereocenters. The first-order valence-electron chi connectivity index (χ1n) is 5.86. The van der Waals surface area contributed by atoms with Crippen LogP contribution >= 0.6 is 11.8 Å². The summed E-state index contributed by atoms with van der Waals surface area (Å²) in [7, 11) is 1.81. The normalized spacial score (nSPS) is 10.7. The predicted octanol–water partition coefficient (Wildman–Crippen LogP) is 1.03. The largest absolute Gasteiger partial charge is 0.481 e. The topological polar surface area (TPSA) is 97.1 Å². The number of hydrogen-bond acceptors (Lipinski definition) is 5. The number of carbonyl (C=O) groups is 2. The van der Waals surface area contributed by atoms with Crippen LogP contribution in [0.3, 0.4) is 0 Å². The standard InChI is InChI=1S/C12H14N4O3S/c1-7-9-3-8(4-13-12(9)16(2)15-7)14-10(17)5-20-6-11(18)19/h3-4H,5-6H2,1-2H3,(H,14,17)(H,18,19). The first-order valence-corrected chi connectivity index (χ1v) is 7.01. The Labute approximate surface area is 119 Å². The van der Waals surface area contributed by atoms with Gasteiger partial charge in [-0.05, 0) is 13.0 Å². The van der Waals surface area contributed by atoms with Crippen LogP contribution in [0.25, 0.3) is 11.0 Å². The van der Waals surface area contributed by atoms with E-state index in [9.17, 15) is 9.59 Å². The predicted molar refractivity (Wildman–Crippen MR) is 76.8 cm³/mol. The van der Waals surface area contributed by atoms with Crippen LogP contribution in [0.5, 0.6) is 0 Å². The van der Waals surface area contributed by atoms with Crippen LogP contribution in [-0.2, 0) is 16.6 Å². The van der Waals surface area contributed by atoms with Crippen molar-refractivity contribution in [1.29, 1.82) is 0 Å². The lowest BCUT2D eigenvalue weighted by Crippen LogP contribution is -2.15. The van der Waals surface area contributed by atoms with Gasteiger partial charge in [-0.15, -0.1) is 11.8 Å². The summed E-state index contributed by atoms with van der Waals surface area (Å²) in [6.07, 6.45) is 1.56. The Bertz CT molecular complexity index is 668. The van der Waals surface area contributed by atoms with Gasteiger partial charge < -0.3 is 10.4 Å². The number of rotatable bonds is 5. The van der Waals surface area contributed by atoms with Crippen molar-refractivity contribution in [3.8, 4) is 0 Å². The molecule has 2 aromatic heterocycles. The van der Waals surface area contributed by atoms with Crippen molar-refractivity contribution in [3.05, 3.63) is 18.0 Å². The first kappa shape index (κ1) is 14.3. The zero-order valence-corrected chi connectivity index (χ0v) is 11.9. The Hall–Kier alpha value is -2.09. The lowest BCUT2D eigenvalue weighted by molar-refractivity contribution is -0.133. The van der Waals surface area contributed by atoms with Crippen LogP contribution in [0.1, 0.15) is 5.69 Å². The van der Waals surface area contributed by atoms with Crippen LogP contribution < -0.4 is 5.32 Å². The summed E-state index contributed by atoms with van der Waals surface area (Å²) in [5.74, 6) is -1.18. The molecule has 2 aromatic rings. The van der Waals surface area contributed by atoms with E-state index >= 15 is 0 Å². The van der Waals surface area contributed by atoms with E-state index in [4.69, 9.17) is 5.11 Å². The molecule has 7 nitrogen and oxygen atoms in total. The molecule has 2 N–H and O–H groups in total.